The van der Waals surface area contributed by atoms with Crippen molar-refractivity contribution in [3.05, 3.63) is 58.9 Å². The van der Waals surface area contributed by atoms with Crippen molar-refractivity contribution in [3.63, 3.8) is 0 Å². The van der Waals surface area contributed by atoms with Crippen LogP contribution in [0.2, 0.25) is 5.15 Å². The molecule has 2 amide bonds. The lowest BCUT2D eigenvalue weighted by Gasteiger charge is -2.23. The normalized spacial score (nSPS) is 13.5. The van der Waals surface area contributed by atoms with E-state index in [0.29, 0.717) is 43.7 Å². The number of benzene rings is 1. The first-order chi connectivity index (χ1) is 22.2. The van der Waals surface area contributed by atoms with Gasteiger partial charge in [-0.25, -0.2) is 19.1 Å². The molecular weight excluding hydrogens is 614 g/mol. The number of nitrogens with one attached hydrogen (secondary N) is 1. The Kier molecular flexibility index (Phi) is 10.4. The topological polar surface area (TPSA) is 190 Å². The third kappa shape index (κ3) is 7.23. The number of pyridine rings is 1. The average Bonchev–Trinajstić information content (AvgIpc) is 3.35. The van der Waals surface area contributed by atoms with Gasteiger partial charge in [0.25, 0.3) is 17.6 Å². The highest BCUT2D eigenvalue weighted by atomic mass is 35.5. The lowest BCUT2D eigenvalue weighted by molar-refractivity contribution is -0.687. The third-order valence-corrected chi connectivity index (χ3v) is 8.34. The van der Waals surface area contributed by atoms with E-state index < -0.39 is 5.91 Å². The number of halogens is 1. The average molecular weight is 652 g/mol. The van der Waals surface area contributed by atoms with Gasteiger partial charge >= 0.3 is 0 Å². The predicted octanol–water partition coefficient (Wildman–Crippen LogP) is 1.81. The first-order valence-corrected chi connectivity index (χ1v) is 15.6. The van der Waals surface area contributed by atoms with Crippen LogP contribution in [0, 0.1) is 5.92 Å². The molecule has 0 aliphatic carbocycles. The molecule has 0 unspecified atom stereocenters. The summed E-state index contributed by atoms with van der Waals surface area (Å²) in [5, 5.41) is 14.9. The molecular formula is C31H38ClN9O5. The third-order valence-electron chi connectivity index (χ3n) is 8.06. The number of ether oxygens (including phenoxy) is 2. The van der Waals surface area contributed by atoms with Gasteiger partial charge in [-0.15, -0.1) is 0 Å². The number of rotatable bonds is 12. The van der Waals surface area contributed by atoms with Gasteiger partial charge in [0.2, 0.25) is 0 Å². The minimum absolute atomic E-state index is 0.0527. The van der Waals surface area contributed by atoms with Gasteiger partial charge in [-0.3, -0.25) is 14.6 Å². The van der Waals surface area contributed by atoms with E-state index in [0.717, 1.165) is 36.2 Å². The number of nitrogens with zero attached hydrogens (tertiary/aromatic N) is 6. The molecule has 14 nitrogen and oxygen atoms in total. The summed E-state index contributed by atoms with van der Waals surface area (Å²) in [6.07, 6.45) is 3.39. The Morgan fingerprint density at radius 2 is 1.98 bits per heavy atom. The Morgan fingerprint density at radius 3 is 2.70 bits per heavy atom. The number of fused-ring (bicyclic) bond motifs is 1. The van der Waals surface area contributed by atoms with E-state index in [1.807, 2.05) is 32.0 Å². The van der Waals surface area contributed by atoms with Crippen LogP contribution in [-0.2, 0) is 35.7 Å². The summed E-state index contributed by atoms with van der Waals surface area (Å²) >= 11 is 6.01. The SMILES string of the molecule is CCN(Cc1ncccc1[O-])C(=O)COc1ccc2c(c1)n(CC)c(CNC(=O)c1nc(Cl)c(N)nc1N)[n+]2CC1CCOCC1. The molecule has 46 heavy (non-hydrogen) atoms. The molecule has 0 bridgehead atoms. The van der Waals surface area contributed by atoms with Crippen molar-refractivity contribution in [2.75, 3.05) is 37.8 Å². The van der Waals surface area contributed by atoms with Gasteiger partial charge < -0.3 is 36.3 Å². The summed E-state index contributed by atoms with van der Waals surface area (Å²) < 4.78 is 15.9. The number of aryl methyl sites for hydroxylation is 1. The second-order valence-electron chi connectivity index (χ2n) is 10.9. The number of imidazole rings is 1. The second kappa shape index (κ2) is 14.6. The number of nitrogen functional groups attached to an aromatic ring is 2. The van der Waals surface area contributed by atoms with Crippen molar-refractivity contribution in [3.8, 4) is 11.5 Å². The summed E-state index contributed by atoms with van der Waals surface area (Å²) in [6.45, 7) is 7.07. The van der Waals surface area contributed by atoms with Crippen LogP contribution in [0.3, 0.4) is 0 Å². The summed E-state index contributed by atoms with van der Waals surface area (Å²) in [5.74, 6) is 0.593. The van der Waals surface area contributed by atoms with E-state index >= 15 is 0 Å². The standard InChI is InChI=1S/C31H38ClN9O5/c1-3-39(17-21-24(42)6-5-11-35-21)26(43)18-46-20-7-8-22-23(14-20)40(4-2)25(41(22)16-19-9-12-45-13-10-19)15-36-31(44)27-29(33)38-30(34)28(32)37-27/h5-8,11,14,19H,3-4,9-10,12-13,15-18H2,1-2H3,(H5-,33,34,36,38,42,44). The Balaban J connectivity index is 1.39. The van der Waals surface area contributed by atoms with Crippen molar-refractivity contribution in [2.24, 2.45) is 5.92 Å². The minimum atomic E-state index is -0.532. The van der Waals surface area contributed by atoms with Gasteiger partial charge in [0.1, 0.15) is 12.3 Å². The van der Waals surface area contributed by atoms with Crippen LogP contribution in [0.5, 0.6) is 11.5 Å². The van der Waals surface area contributed by atoms with Crippen LogP contribution in [0.15, 0.2) is 36.5 Å². The monoisotopic (exact) mass is 651 g/mol. The number of hydrogen-bond acceptors (Lipinski definition) is 10. The predicted molar refractivity (Wildman–Crippen MR) is 169 cm³/mol. The Hall–Kier alpha value is -4.69. The summed E-state index contributed by atoms with van der Waals surface area (Å²) in [6, 6.07) is 8.69. The highest BCUT2D eigenvalue weighted by Crippen LogP contribution is 2.24. The maximum Gasteiger partial charge on any atom is 0.277 e. The van der Waals surface area contributed by atoms with E-state index in [1.165, 1.54) is 17.2 Å². The molecule has 3 aromatic heterocycles. The zero-order valence-corrected chi connectivity index (χ0v) is 26.6. The minimum Gasteiger partial charge on any atom is -0.871 e. The van der Waals surface area contributed by atoms with Crippen molar-refractivity contribution in [2.45, 2.75) is 52.9 Å². The molecule has 1 aliphatic heterocycles. The molecule has 1 aliphatic rings. The molecule has 4 aromatic rings. The fourth-order valence-corrected chi connectivity index (χ4v) is 5.71. The fourth-order valence-electron chi connectivity index (χ4n) is 5.58. The maximum absolute atomic E-state index is 13.1. The number of likely N-dealkylation sites (N-methyl/N-ethyl adjacent to an activating group) is 1. The van der Waals surface area contributed by atoms with Crippen molar-refractivity contribution in [1.29, 1.82) is 0 Å². The lowest BCUT2D eigenvalue weighted by Crippen LogP contribution is -2.44. The molecule has 1 fully saturated rings. The van der Waals surface area contributed by atoms with Gasteiger partial charge in [0.15, 0.2) is 40.1 Å². The van der Waals surface area contributed by atoms with E-state index in [2.05, 4.69) is 29.4 Å². The molecule has 1 saturated heterocycles. The summed E-state index contributed by atoms with van der Waals surface area (Å²) in [7, 11) is 0. The number of carbonyl (C=O) groups is 2. The number of carbonyl (C=O) groups excluding carboxylic acids is 2. The molecule has 5 N–H and O–H groups in total. The van der Waals surface area contributed by atoms with Crippen LogP contribution < -0.4 is 31.2 Å². The largest absolute Gasteiger partial charge is 0.871 e. The van der Waals surface area contributed by atoms with Crippen LogP contribution in [0.1, 0.15) is 48.7 Å². The van der Waals surface area contributed by atoms with Gasteiger partial charge in [0, 0.05) is 37.9 Å². The number of nitrogens with two attached hydrogens (primary N) is 2. The molecule has 244 valence electrons. The van der Waals surface area contributed by atoms with Crippen molar-refractivity contribution in [1.82, 2.24) is 29.7 Å². The van der Waals surface area contributed by atoms with Crippen molar-refractivity contribution < 1.29 is 28.7 Å². The Morgan fingerprint density at radius 1 is 1.20 bits per heavy atom. The smallest absolute Gasteiger partial charge is 0.277 e. The number of aromatic nitrogens is 5. The highest BCUT2D eigenvalue weighted by molar-refractivity contribution is 6.31. The molecule has 0 saturated carbocycles. The van der Waals surface area contributed by atoms with E-state index in [1.54, 1.807) is 6.07 Å². The Labute approximate surface area is 271 Å². The molecule has 4 heterocycles. The summed E-state index contributed by atoms with van der Waals surface area (Å²) in [4.78, 5) is 39.8. The van der Waals surface area contributed by atoms with Crippen LogP contribution >= 0.6 is 11.6 Å². The van der Waals surface area contributed by atoms with Crippen LogP contribution in [0.25, 0.3) is 11.0 Å². The number of hydrogen-bond donors (Lipinski definition) is 3. The fraction of sp³-hybridized carbons (Fsp3) is 0.419. The Bertz CT molecular complexity index is 1720. The first kappa shape index (κ1) is 32.7. The van der Waals surface area contributed by atoms with Crippen LogP contribution in [0.4, 0.5) is 11.6 Å². The molecule has 15 heteroatoms. The lowest BCUT2D eigenvalue weighted by atomic mass is 10.0. The number of amides is 2. The van der Waals surface area contributed by atoms with Gasteiger partial charge in [-0.1, -0.05) is 23.4 Å². The van der Waals surface area contributed by atoms with Gasteiger partial charge in [0.05, 0.1) is 25.3 Å². The highest BCUT2D eigenvalue weighted by Gasteiger charge is 2.29. The van der Waals surface area contributed by atoms with E-state index in [4.69, 9.17) is 32.5 Å². The maximum atomic E-state index is 13.1. The second-order valence-corrected chi connectivity index (χ2v) is 11.3. The van der Waals surface area contributed by atoms with Crippen LogP contribution in [-0.4, -0.2) is 62.6 Å². The molecule has 1 aromatic carbocycles. The van der Waals surface area contributed by atoms with Gasteiger partial charge in [-0.05, 0) is 44.9 Å². The summed E-state index contributed by atoms with van der Waals surface area (Å²) in [5.41, 5.74) is 13.6. The molecule has 0 atom stereocenters. The molecule has 5 rings (SSSR count). The zero-order valence-electron chi connectivity index (χ0n) is 25.9. The van der Waals surface area contributed by atoms with E-state index in [9.17, 15) is 14.7 Å². The molecule has 0 radical (unpaired) electrons. The zero-order chi connectivity index (χ0) is 32.8. The van der Waals surface area contributed by atoms with Crippen molar-refractivity contribution >= 4 is 46.1 Å². The quantitative estimate of drug-likeness (QED) is 0.190. The number of anilines is 2. The molecule has 0 spiro atoms. The van der Waals surface area contributed by atoms with E-state index in [-0.39, 0.29) is 53.8 Å². The van der Waals surface area contributed by atoms with Gasteiger partial charge in [-0.2, -0.15) is 0 Å². The first-order valence-electron chi connectivity index (χ1n) is 15.2.